The summed E-state index contributed by atoms with van der Waals surface area (Å²) in [5.41, 5.74) is 5.99. The maximum atomic E-state index is 13.6. The number of rotatable bonds is 10. The van der Waals surface area contributed by atoms with E-state index in [4.69, 9.17) is 16.3 Å². The van der Waals surface area contributed by atoms with Crippen molar-refractivity contribution < 1.29 is 36.2 Å². The highest BCUT2D eigenvalue weighted by Gasteiger charge is 2.40. The van der Waals surface area contributed by atoms with Crippen LogP contribution in [-0.4, -0.2) is 48.5 Å². The molecule has 0 fully saturated rings. The summed E-state index contributed by atoms with van der Waals surface area (Å²) in [6, 6.07) is 7.95. The van der Waals surface area contributed by atoms with Gasteiger partial charge in [0.25, 0.3) is 0 Å². The van der Waals surface area contributed by atoms with Gasteiger partial charge in [0.15, 0.2) is 0 Å². The van der Waals surface area contributed by atoms with E-state index in [0.717, 1.165) is 11.6 Å². The number of halogens is 3. The predicted molar refractivity (Wildman–Crippen MR) is 147 cm³/mol. The third kappa shape index (κ3) is 7.39. The number of carbonyl (C=O) groups is 1. The standard InChI is InChI=1S/C28H37F3N4O5S/c1-5-34(33)16-23(32)17-40-25(27(3,4)26(36)37)20-9-8-18(2)21(13-20)15-35-12-6-7-19-10-11-22(28(29,30)31)14-24(19)41(35,38)39/h8-11,13-14,16,25H,5-7,12,15,17,32-33H2,1-4H3,(H,36,37)/b23-16-. The number of carboxylic acids is 1. The quantitative estimate of drug-likeness (QED) is 0.272. The molecule has 0 aromatic heterocycles. The molecule has 2 aromatic carbocycles. The molecule has 1 unspecified atom stereocenters. The average Bonchev–Trinajstić information content (AvgIpc) is 3.00. The van der Waals surface area contributed by atoms with Crippen LogP contribution in [0.2, 0.25) is 0 Å². The summed E-state index contributed by atoms with van der Waals surface area (Å²) in [7, 11) is -4.26. The fraction of sp³-hybridized carbons (Fsp3) is 0.464. The molecular formula is C28H37F3N4O5S. The number of sulfonamides is 1. The van der Waals surface area contributed by atoms with Gasteiger partial charge in [-0.05, 0) is 74.9 Å². The lowest BCUT2D eigenvalue weighted by molar-refractivity contribution is -0.156. The Kier molecular flexibility index (Phi) is 9.79. The third-order valence-corrected chi connectivity index (χ3v) is 9.14. The predicted octanol–water partition coefficient (Wildman–Crippen LogP) is 4.32. The second-order valence-electron chi connectivity index (χ2n) is 10.7. The summed E-state index contributed by atoms with van der Waals surface area (Å²) in [5, 5.41) is 11.3. The van der Waals surface area contributed by atoms with Crippen LogP contribution in [0.15, 0.2) is 53.2 Å². The molecule has 2 aromatic rings. The van der Waals surface area contributed by atoms with E-state index in [2.05, 4.69) is 0 Å². The number of hydrogen-bond donors (Lipinski definition) is 3. The van der Waals surface area contributed by atoms with Crippen LogP contribution in [0.25, 0.3) is 0 Å². The van der Waals surface area contributed by atoms with E-state index in [0.29, 0.717) is 42.1 Å². The first kappa shape index (κ1) is 32.4. The molecule has 0 radical (unpaired) electrons. The fourth-order valence-corrected chi connectivity index (χ4v) is 6.35. The van der Waals surface area contributed by atoms with Crippen molar-refractivity contribution in [2.45, 2.75) is 64.3 Å². The topological polar surface area (TPSA) is 139 Å². The van der Waals surface area contributed by atoms with Gasteiger partial charge < -0.3 is 20.6 Å². The van der Waals surface area contributed by atoms with Crippen LogP contribution in [0.3, 0.4) is 0 Å². The largest absolute Gasteiger partial charge is 0.481 e. The van der Waals surface area contributed by atoms with Crippen molar-refractivity contribution in [3.8, 4) is 0 Å². The van der Waals surface area contributed by atoms with E-state index in [9.17, 15) is 31.5 Å². The summed E-state index contributed by atoms with van der Waals surface area (Å²) < 4.78 is 74.5. The maximum absolute atomic E-state index is 13.6. The first-order valence-corrected chi connectivity index (χ1v) is 14.5. The molecular weight excluding hydrogens is 561 g/mol. The average molecular weight is 599 g/mol. The monoisotopic (exact) mass is 598 g/mol. The Morgan fingerprint density at radius 3 is 2.51 bits per heavy atom. The first-order chi connectivity index (χ1) is 19.0. The summed E-state index contributed by atoms with van der Waals surface area (Å²) in [6.45, 7) is 7.00. The van der Waals surface area contributed by atoms with Gasteiger partial charge in [0.2, 0.25) is 10.0 Å². The molecule has 0 amide bonds. The Bertz CT molecular complexity index is 1410. The van der Waals surface area contributed by atoms with E-state index in [1.54, 1.807) is 25.1 Å². The maximum Gasteiger partial charge on any atom is 0.416 e. The molecule has 0 bridgehead atoms. The minimum absolute atomic E-state index is 0.108. The molecule has 1 aliphatic heterocycles. The van der Waals surface area contributed by atoms with E-state index >= 15 is 0 Å². The molecule has 0 saturated heterocycles. The molecule has 226 valence electrons. The zero-order chi connectivity index (χ0) is 30.8. The summed E-state index contributed by atoms with van der Waals surface area (Å²) in [6.07, 6.45) is -3.43. The van der Waals surface area contributed by atoms with Gasteiger partial charge in [0.05, 0.1) is 34.3 Å². The number of nitrogens with two attached hydrogens (primary N) is 2. The molecule has 9 nitrogen and oxygen atoms in total. The molecule has 0 spiro atoms. The molecule has 1 heterocycles. The molecule has 1 atom stereocenters. The van der Waals surface area contributed by atoms with Crippen molar-refractivity contribution in [1.82, 2.24) is 9.31 Å². The van der Waals surface area contributed by atoms with Gasteiger partial charge >= 0.3 is 12.1 Å². The number of aliphatic carboxylic acids is 1. The lowest BCUT2D eigenvalue weighted by Gasteiger charge is -2.32. The van der Waals surface area contributed by atoms with E-state index < -0.39 is 39.3 Å². The van der Waals surface area contributed by atoms with Gasteiger partial charge in [-0.2, -0.15) is 17.5 Å². The van der Waals surface area contributed by atoms with Crippen molar-refractivity contribution in [3.05, 3.63) is 76.1 Å². The summed E-state index contributed by atoms with van der Waals surface area (Å²) in [5.74, 6) is 4.64. The minimum atomic E-state index is -4.68. The van der Waals surface area contributed by atoms with Crippen LogP contribution in [0.5, 0.6) is 0 Å². The van der Waals surface area contributed by atoms with Crippen molar-refractivity contribution >= 4 is 16.0 Å². The summed E-state index contributed by atoms with van der Waals surface area (Å²) >= 11 is 0. The van der Waals surface area contributed by atoms with Gasteiger partial charge in [-0.3, -0.25) is 4.79 Å². The number of hydrogen-bond acceptors (Lipinski definition) is 7. The number of nitrogens with zero attached hydrogens (tertiary/aromatic N) is 2. The van der Waals surface area contributed by atoms with Gasteiger partial charge in [-0.1, -0.05) is 24.3 Å². The number of carboxylic acid groups (broad SMARTS) is 1. The Hall–Kier alpha value is -3.13. The van der Waals surface area contributed by atoms with Crippen LogP contribution in [0.1, 0.15) is 61.1 Å². The van der Waals surface area contributed by atoms with E-state index in [1.165, 1.54) is 35.4 Å². The van der Waals surface area contributed by atoms with E-state index in [-0.39, 0.29) is 30.3 Å². The number of hydrazine groups is 1. The number of alkyl halides is 3. The van der Waals surface area contributed by atoms with Crippen molar-refractivity contribution in [1.29, 1.82) is 0 Å². The van der Waals surface area contributed by atoms with E-state index in [1.807, 2.05) is 6.92 Å². The normalized spacial score (nSPS) is 17.0. The van der Waals surface area contributed by atoms with Crippen molar-refractivity contribution in [3.63, 3.8) is 0 Å². The zero-order valence-corrected chi connectivity index (χ0v) is 24.3. The highest BCUT2D eigenvalue weighted by Crippen LogP contribution is 2.39. The van der Waals surface area contributed by atoms with Crippen molar-refractivity contribution in [2.75, 3.05) is 19.7 Å². The second-order valence-corrected chi connectivity index (χ2v) is 12.6. The molecule has 3 rings (SSSR count). The van der Waals surface area contributed by atoms with Crippen LogP contribution in [0, 0.1) is 12.3 Å². The van der Waals surface area contributed by atoms with Crippen LogP contribution < -0.4 is 11.6 Å². The lowest BCUT2D eigenvalue weighted by atomic mass is 9.81. The van der Waals surface area contributed by atoms with Crippen LogP contribution in [0.4, 0.5) is 13.2 Å². The molecule has 41 heavy (non-hydrogen) atoms. The zero-order valence-electron chi connectivity index (χ0n) is 23.5. The minimum Gasteiger partial charge on any atom is -0.481 e. The van der Waals surface area contributed by atoms with Gasteiger partial charge in [0.1, 0.15) is 0 Å². The second kappa shape index (κ2) is 12.4. The van der Waals surface area contributed by atoms with Gasteiger partial charge in [-0.25, -0.2) is 14.3 Å². The highest BCUT2D eigenvalue weighted by molar-refractivity contribution is 7.89. The van der Waals surface area contributed by atoms with Gasteiger partial charge in [0, 0.05) is 25.8 Å². The number of ether oxygens (including phenoxy) is 1. The number of fused-ring (bicyclic) bond motifs is 1. The van der Waals surface area contributed by atoms with Gasteiger partial charge in [-0.15, -0.1) is 0 Å². The Morgan fingerprint density at radius 2 is 1.90 bits per heavy atom. The summed E-state index contributed by atoms with van der Waals surface area (Å²) in [4.78, 5) is 11.8. The van der Waals surface area contributed by atoms with Crippen LogP contribution in [-0.2, 0) is 38.7 Å². The first-order valence-electron chi connectivity index (χ1n) is 13.1. The SMILES string of the molecule is CCN(N)/C=C(\N)COC(c1ccc(C)c(CN2CCCc3ccc(C(F)(F)F)cc3S2(=O)=O)c1)C(C)(C)C(=O)O. The molecule has 5 N–H and O–H groups in total. The van der Waals surface area contributed by atoms with Crippen molar-refractivity contribution in [2.24, 2.45) is 17.0 Å². The Labute approximate surface area is 238 Å². The smallest absolute Gasteiger partial charge is 0.416 e. The highest BCUT2D eigenvalue weighted by atomic mass is 32.2. The molecule has 0 aliphatic carbocycles. The Morgan fingerprint density at radius 1 is 1.22 bits per heavy atom. The third-order valence-electron chi connectivity index (χ3n) is 7.21. The Balaban J connectivity index is 1.99. The molecule has 1 aliphatic rings. The molecule has 0 saturated carbocycles. The van der Waals surface area contributed by atoms with Crippen LogP contribution >= 0.6 is 0 Å². The molecule has 13 heteroatoms. The number of aryl methyl sites for hydroxylation is 2. The lowest BCUT2D eigenvalue weighted by Crippen LogP contribution is -2.34. The number of benzene rings is 2. The fourth-order valence-electron chi connectivity index (χ4n) is 4.62.